The summed E-state index contributed by atoms with van der Waals surface area (Å²) >= 11 is 0. The van der Waals surface area contributed by atoms with Crippen molar-refractivity contribution in [2.45, 2.75) is 38.5 Å². The molecule has 0 fully saturated rings. The summed E-state index contributed by atoms with van der Waals surface area (Å²) in [5, 5.41) is 15.8. The lowest BCUT2D eigenvalue weighted by Gasteiger charge is -2.10. The SMILES string of the molecule is O=C(Nc1cc(NC(=O)C(=O)OCCCCc2ccccc2)cc([N+](=O)[O-])c1)C(=O)OCCCCc1ccccc1. The number of rotatable bonds is 13. The number of nitro groups is 1. The average Bonchev–Trinajstić information content (AvgIpc) is 2.97. The molecule has 0 spiro atoms. The van der Waals surface area contributed by atoms with E-state index in [1.807, 2.05) is 60.7 Å². The topological polar surface area (TPSA) is 154 Å². The molecule has 0 radical (unpaired) electrons. The van der Waals surface area contributed by atoms with Gasteiger partial charge in [-0.25, -0.2) is 9.59 Å². The van der Waals surface area contributed by atoms with Gasteiger partial charge in [-0.15, -0.1) is 0 Å². The van der Waals surface area contributed by atoms with Crippen LogP contribution in [-0.4, -0.2) is 41.9 Å². The van der Waals surface area contributed by atoms with E-state index < -0.39 is 34.4 Å². The van der Waals surface area contributed by atoms with Crippen LogP contribution in [0.15, 0.2) is 78.9 Å². The Balaban J connectivity index is 1.45. The van der Waals surface area contributed by atoms with E-state index in [4.69, 9.17) is 9.47 Å². The number of nitrogens with one attached hydrogen (secondary N) is 2. The molecular formula is C30H31N3O8. The zero-order valence-electron chi connectivity index (χ0n) is 22.4. The lowest BCUT2D eigenvalue weighted by Crippen LogP contribution is -2.26. The molecule has 41 heavy (non-hydrogen) atoms. The van der Waals surface area contributed by atoms with Gasteiger partial charge in [-0.3, -0.25) is 19.7 Å². The van der Waals surface area contributed by atoms with Crippen molar-refractivity contribution in [1.29, 1.82) is 0 Å². The van der Waals surface area contributed by atoms with Crippen LogP contribution in [0, 0.1) is 10.1 Å². The quantitative estimate of drug-likeness (QED) is 0.101. The van der Waals surface area contributed by atoms with Crippen LogP contribution < -0.4 is 10.6 Å². The Morgan fingerprint density at radius 3 is 1.44 bits per heavy atom. The van der Waals surface area contributed by atoms with Gasteiger partial charge in [-0.05, 0) is 55.7 Å². The number of non-ortho nitro benzene ring substituents is 1. The average molecular weight is 562 g/mol. The maximum Gasteiger partial charge on any atom is 0.397 e. The molecule has 0 heterocycles. The van der Waals surface area contributed by atoms with Crippen molar-refractivity contribution in [3.63, 3.8) is 0 Å². The van der Waals surface area contributed by atoms with Crippen molar-refractivity contribution in [1.82, 2.24) is 0 Å². The maximum absolute atomic E-state index is 12.3. The fourth-order valence-corrected chi connectivity index (χ4v) is 3.84. The second-order valence-corrected chi connectivity index (χ2v) is 9.09. The van der Waals surface area contributed by atoms with Gasteiger partial charge in [0.25, 0.3) is 5.69 Å². The Morgan fingerprint density at radius 1 is 0.634 bits per heavy atom. The standard InChI is InChI=1S/C30H31N3O8/c34-27(29(36)40-17-9-7-15-22-11-3-1-4-12-22)31-24-19-25(21-26(20-24)33(38)39)32-28(35)30(37)41-18-10-8-16-23-13-5-2-6-14-23/h1-6,11-14,19-21H,7-10,15-18H2,(H,31,34)(H,32,35). The number of hydrogen-bond acceptors (Lipinski definition) is 8. The van der Waals surface area contributed by atoms with Crippen LogP contribution >= 0.6 is 0 Å². The molecule has 3 aromatic carbocycles. The molecule has 0 saturated carbocycles. The molecule has 2 amide bonds. The monoisotopic (exact) mass is 561 g/mol. The summed E-state index contributed by atoms with van der Waals surface area (Å²) in [6.45, 7) is 0.0629. The minimum Gasteiger partial charge on any atom is -0.459 e. The summed E-state index contributed by atoms with van der Waals surface area (Å²) in [5.74, 6) is -4.59. The summed E-state index contributed by atoms with van der Waals surface area (Å²) in [4.78, 5) is 59.3. The Labute approximate surface area is 237 Å². The number of nitro benzene ring substituents is 1. The van der Waals surface area contributed by atoms with Crippen LogP contribution in [0.2, 0.25) is 0 Å². The molecule has 0 aliphatic rings. The molecule has 3 aromatic rings. The van der Waals surface area contributed by atoms with Crippen molar-refractivity contribution in [3.8, 4) is 0 Å². The van der Waals surface area contributed by atoms with E-state index in [1.54, 1.807) is 0 Å². The molecule has 0 aromatic heterocycles. The van der Waals surface area contributed by atoms with Crippen LogP contribution in [0.1, 0.15) is 36.8 Å². The van der Waals surface area contributed by atoms with E-state index in [-0.39, 0.29) is 24.6 Å². The van der Waals surface area contributed by atoms with Crippen molar-refractivity contribution >= 4 is 40.8 Å². The van der Waals surface area contributed by atoms with E-state index in [9.17, 15) is 29.3 Å². The first-order valence-corrected chi connectivity index (χ1v) is 13.2. The minimum atomic E-state index is -1.15. The number of unbranched alkanes of at least 4 members (excludes halogenated alkanes) is 2. The summed E-state index contributed by atoms with van der Waals surface area (Å²) in [6, 6.07) is 22.7. The Kier molecular flexibility index (Phi) is 12.0. The highest BCUT2D eigenvalue weighted by molar-refractivity contribution is 6.38. The zero-order valence-corrected chi connectivity index (χ0v) is 22.4. The number of ether oxygens (including phenoxy) is 2. The van der Waals surface area contributed by atoms with Gasteiger partial charge in [0.05, 0.1) is 29.5 Å². The number of hydrogen-bond donors (Lipinski definition) is 2. The Morgan fingerprint density at radius 2 is 1.05 bits per heavy atom. The molecule has 0 saturated heterocycles. The largest absolute Gasteiger partial charge is 0.459 e. The molecule has 3 rings (SSSR count). The number of esters is 2. The predicted octanol–water partition coefficient (Wildman–Crippen LogP) is 4.60. The van der Waals surface area contributed by atoms with Crippen LogP contribution in [0.5, 0.6) is 0 Å². The van der Waals surface area contributed by atoms with E-state index in [0.717, 1.165) is 48.9 Å². The first-order valence-electron chi connectivity index (χ1n) is 13.2. The van der Waals surface area contributed by atoms with Gasteiger partial charge in [0.15, 0.2) is 0 Å². The predicted molar refractivity (Wildman–Crippen MR) is 151 cm³/mol. The third kappa shape index (κ3) is 10.9. The molecule has 214 valence electrons. The second-order valence-electron chi connectivity index (χ2n) is 9.09. The molecule has 11 heteroatoms. The third-order valence-electron chi connectivity index (χ3n) is 5.89. The highest BCUT2D eigenvalue weighted by Gasteiger charge is 2.20. The highest BCUT2D eigenvalue weighted by atomic mass is 16.6. The minimum absolute atomic E-state index is 0.0314. The number of carbonyl (C=O) groups excluding carboxylic acids is 4. The zero-order chi connectivity index (χ0) is 29.5. The fourth-order valence-electron chi connectivity index (χ4n) is 3.84. The number of nitrogens with zero attached hydrogens (tertiary/aromatic N) is 1. The van der Waals surface area contributed by atoms with E-state index in [0.29, 0.717) is 12.8 Å². The maximum atomic E-state index is 12.3. The lowest BCUT2D eigenvalue weighted by atomic mass is 10.1. The van der Waals surface area contributed by atoms with E-state index >= 15 is 0 Å². The molecule has 11 nitrogen and oxygen atoms in total. The smallest absolute Gasteiger partial charge is 0.397 e. The highest BCUT2D eigenvalue weighted by Crippen LogP contribution is 2.24. The molecule has 0 bridgehead atoms. The van der Waals surface area contributed by atoms with E-state index in [2.05, 4.69) is 10.6 Å². The van der Waals surface area contributed by atoms with Gasteiger partial charge in [-0.2, -0.15) is 0 Å². The molecular weight excluding hydrogens is 530 g/mol. The van der Waals surface area contributed by atoms with Crippen LogP contribution in [0.3, 0.4) is 0 Å². The van der Waals surface area contributed by atoms with Crippen molar-refractivity contribution in [2.75, 3.05) is 23.8 Å². The third-order valence-corrected chi connectivity index (χ3v) is 5.89. The molecule has 2 N–H and O–H groups in total. The Bertz CT molecular complexity index is 1250. The number of carbonyl (C=O) groups is 4. The summed E-state index contributed by atoms with van der Waals surface area (Å²) < 4.78 is 9.96. The molecule has 0 aliphatic heterocycles. The summed E-state index contributed by atoms with van der Waals surface area (Å²) in [6.07, 6.45) is 4.20. The second kappa shape index (κ2) is 16.1. The number of amides is 2. The van der Waals surface area contributed by atoms with E-state index in [1.165, 1.54) is 6.07 Å². The van der Waals surface area contributed by atoms with Gasteiger partial charge >= 0.3 is 23.8 Å². The Hall–Kier alpha value is -5.06. The lowest BCUT2D eigenvalue weighted by molar-refractivity contribution is -0.384. The number of benzene rings is 3. The first kappa shape index (κ1) is 30.5. The van der Waals surface area contributed by atoms with Gasteiger partial charge in [0.1, 0.15) is 0 Å². The molecule has 0 aliphatic carbocycles. The van der Waals surface area contributed by atoms with Gasteiger partial charge in [0, 0.05) is 12.1 Å². The van der Waals surface area contributed by atoms with Gasteiger partial charge in [0.2, 0.25) is 0 Å². The normalized spacial score (nSPS) is 10.3. The molecule has 0 unspecified atom stereocenters. The summed E-state index contributed by atoms with van der Waals surface area (Å²) in [5.41, 5.74) is 1.53. The molecule has 0 atom stereocenters. The van der Waals surface area contributed by atoms with Crippen LogP contribution in [0.4, 0.5) is 17.1 Å². The first-order chi connectivity index (χ1) is 19.8. The van der Waals surface area contributed by atoms with Gasteiger partial charge < -0.3 is 20.1 Å². The van der Waals surface area contributed by atoms with Crippen molar-refractivity contribution in [2.24, 2.45) is 0 Å². The van der Waals surface area contributed by atoms with Crippen molar-refractivity contribution < 1.29 is 33.6 Å². The van der Waals surface area contributed by atoms with Crippen LogP contribution in [0.25, 0.3) is 0 Å². The van der Waals surface area contributed by atoms with Gasteiger partial charge in [-0.1, -0.05) is 60.7 Å². The number of aryl methyl sites for hydroxylation is 2. The fraction of sp³-hybridized carbons (Fsp3) is 0.267. The number of anilines is 2. The van der Waals surface area contributed by atoms with Crippen molar-refractivity contribution in [3.05, 3.63) is 100 Å². The summed E-state index contributed by atoms with van der Waals surface area (Å²) in [7, 11) is 0. The van der Waals surface area contributed by atoms with Crippen LogP contribution in [-0.2, 0) is 41.5 Å².